The Morgan fingerprint density at radius 2 is 1.68 bits per heavy atom. The maximum Gasteiger partial charge on any atom is 0.426 e. The third-order valence-electron chi connectivity index (χ3n) is 9.19. The van der Waals surface area contributed by atoms with Gasteiger partial charge in [0.2, 0.25) is 11.6 Å². The van der Waals surface area contributed by atoms with Gasteiger partial charge in [0.1, 0.15) is 0 Å². The summed E-state index contributed by atoms with van der Waals surface area (Å²) >= 11 is 0. The Kier molecular flexibility index (Phi) is 6.76. The molecule has 38 heavy (non-hydrogen) atoms. The van der Waals surface area contributed by atoms with Gasteiger partial charge in [-0.05, 0) is 92.7 Å². The van der Waals surface area contributed by atoms with Crippen molar-refractivity contribution in [3.05, 3.63) is 65.0 Å². The van der Waals surface area contributed by atoms with Crippen LogP contribution < -0.4 is 0 Å². The zero-order valence-electron chi connectivity index (χ0n) is 21.3. The Bertz CT molecular complexity index is 1210. The number of carbonyl (C=O) groups is 2. The van der Waals surface area contributed by atoms with Crippen LogP contribution in [0.2, 0.25) is 0 Å². The van der Waals surface area contributed by atoms with Gasteiger partial charge in [0.15, 0.2) is 0 Å². The molecule has 1 aromatic heterocycles. The van der Waals surface area contributed by atoms with Crippen LogP contribution in [0, 0.1) is 11.8 Å². The number of pyridine rings is 1. The molecular formula is C29H32F4N2O3. The van der Waals surface area contributed by atoms with Gasteiger partial charge in [-0.3, -0.25) is 14.6 Å². The molecule has 0 radical (unpaired) electrons. The van der Waals surface area contributed by atoms with E-state index < -0.39 is 34.7 Å². The van der Waals surface area contributed by atoms with Crippen LogP contribution in [0.3, 0.4) is 0 Å². The first kappa shape index (κ1) is 26.6. The molecule has 0 spiro atoms. The number of carboxylic acids is 1. The summed E-state index contributed by atoms with van der Waals surface area (Å²) in [5, 5.41) is 9.32. The molecule has 5 rings (SSSR count). The molecule has 1 N–H and O–H groups in total. The maximum absolute atomic E-state index is 14.8. The fourth-order valence-electron chi connectivity index (χ4n) is 6.97. The third-order valence-corrected chi connectivity index (χ3v) is 9.19. The molecule has 9 heteroatoms. The van der Waals surface area contributed by atoms with E-state index in [1.807, 2.05) is 17.0 Å². The summed E-state index contributed by atoms with van der Waals surface area (Å²) in [6.45, 7) is 1.08. The normalized spacial score (nSPS) is 28.8. The Balaban J connectivity index is 1.49. The number of fused-ring (bicyclic) bond motifs is 3. The number of amides is 1. The van der Waals surface area contributed by atoms with Crippen LogP contribution >= 0.6 is 0 Å². The molecule has 2 aliphatic carbocycles. The monoisotopic (exact) mass is 532 g/mol. The van der Waals surface area contributed by atoms with Crippen molar-refractivity contribution in [3.8, 4) is 0 Å². The predicted octanol–water partition coefficient (Wildman–Crippen LogP) is 5.75. The fraction of sp³-hybridized carbons (Fsp3) is 0.552. The number of aryl methyl sites for hydroxylation is 1. The van der Waals surface area contributed by atoms with Crippen molar-refractivity contribution in [1.82, 2.24) is 9.88 Å². The number of aliphatic carboxylic acids is 1. The van der Waals surface area contributed by atoms with Gasteiger partial charge in [0.05, 0.1) is 5.92 Å². The van der Waals surface area contributed by atoms with Crippen LogP contribution in [-0.4, -0.2) is 45.6 Å². The summed E-state index contributed by atoms with van der Waals surface area (Å²) in [5.74, 6) is -1.39. The zero-order chi connectivity index (χ0) is 27.3. The van der Waals surface area contributed by atoms with Gasteiger partial charge in [-0.2, -0.15) is 13.2 Å². The molecule has 2 aromatic rings. The lowest BCUT2D eigenvalue weighted by Gasteiger charge is -2.45. The van der Waals surface area contributed by atoms with Crippen molar-refractivity contribution >= 4 is 11.9 Å². The fourth-order valence-corrected chi connectivity index (χ4v) is 6.97. The van der Waals surface area contributed by atoms with Gasteiger partial charge in [-0.15, -0.1) is 0 Å². The van der Waals surface area contributed by atoms with Gasteiger partial charge in [0, 0.05) is 36.3 Å². The van der Waals surface area contributed by atoms with Crippen molar-refractivity contribution in [2.75, 3.05) is 6.54 Å². The van der Waals surface area contributed by atoms with Crippen LogP contribution in [-0.2, 0) is 33.5 Å². The van der Waals surface area contributed by atoms with E-state index in [4.69, 9.17) is 0 Å². The molecule has 2 heterocycles. The minimum Gasteiger partial charge on any atom is -0.481 e. The molecule has 5 nitrogen and oxygen atoms in total. The quantitative estimate of drug-likeness (QED) is 0.498. The van der Waals surface area contributed by atoms with E-state index in [1.54, 1.807) is 18.5 Å². The summed E-state index contributed by atoms with van der Waals surface area (Å²) in [6, 6.07) is 7.94. The van der Waals surface area contributed by atoms with E-state index >= 15 is 0 Å². The lowest BCUT2D eigenvalue weighted by molar-refractivity contribution is -0.228. The SMILES string of the molecule is CC(F)(c1ccc2c(c1)CCC1N(C(=O)[C@H]3CC[C@H](C(=O)O)CC3)CCC21Cc1ccncc1)C(F)(F)F. The maximum atomic E-state index is 14.8. The number of hydrogen-bond acceptors (Lipinski definition) is 3. The molecule has 1 saturated carbocycles. The lowest BCUT2D eigenvalue weighted by Crippen LogP contribution is -2.51. The molecule has 0 bridgehead atoms. The number of carboxylic acid groups (broad SMARTS) is 1. The summed E-state index contributed by atoms with van der Waals surface area (Å²) in [6.07, 6.45) is 2.70. The van der Waals surface area contributed by atoms with Gasteiger partial charge >= 0.3 is 12.1 Å². The molecule has 3 aliphatic rings. The summed E-state index contributed by atoms with van der Waals surface area (Å²) in [5.41, 5.74) is -1.75. The van der Waals surface area contributed by atoms with Crippen LogP contribution in [0.15, 0.2) is 42.7 Å². The number of benzene rings is 1. The highest BCUT2D eigenvalue weighted by atomic mass is 19.4. The Morgan fingerprint density at radius 3 is 2.32 bits per heavy atom. The highest BCUT2D eigenvalue weighted by Crippen LogP contribution is 2.51. The molecule has 3 atom stereocenters. The Hall–Kier alpha value is -2.97. The molecule has 1 aromatic carbocycles. The van der Waals surface area contributed by atoms with E-state index in [2.05, 4.69) is 4.98 Å². The first-order chi connectivity index (χ1) is 17.9. The summed E-state index contributed by atoms with van der Waals surface area (Å²) in [4.78, 5) is 31.1. The van der Waals surface area contributed by atoms with Crippen molar-refractivity contribution in [3.63, 3.8) is 0 Å². The van der Waals surface area contributed by atoms with Crippen LogP contribution in [0.5, 0.6) is 0 Å². The third kappa shape index (κ3) is 4.47. The number of carbonyl (C=O) groups excluding carboxylic acids is 1. The Morgan fingerprint density at radius 1 is 1.03 bits per heavy atom. The molecule has 3 unspecified atom stereocenters. The molecule has 204 valence electrons. The number of alkyl halides is 4. The van der Waals surface area contributed by atoms with E-state index in [0.717, 1.165) is 11.1 Å². The minimum absolute atomic E-state index is 0.0453. The first-order valence-electron chi connectivity index (χ1n) is 13.3. The van der Waals surface area contributed by atoms with Gasteiger partial charge in [-0.25, -0.2) is 4.39 Å². The second-order valence-electron chi connectivity index (χ2n) is 11.3. The molecular weight excluding hydrogens is 500 g/mol. The number of nitrogens with zero attached hydrogens (tertiary/aromatic N) is 2. The van der Waals surface area contributed by atoms with Crippen LogP contribution in [0.4, 0.5) is 17.6 Å². The van der Waals surface area contributed by atoms with Crippen LogP contribution in [0.1, 0.15) is 67.7 Å². The standard InChI is InChI=1S/C29H32F4N2O3/c1-27(30,29(31,32)33)22-7-8-23-21(16-22)6-9-24-28(23,17-18-10-13-34-14-11-18)12-15-35(24)25(36)19-2-4-20(5-3-19)26(37)38/h7-8,10-11,13-14,16,19-20,24H,2-6,9,12,15,17H2,1H3,(H,37,38)/t19-,20-,24?,27?,28?. The highest BCUT2D eigenvalue weighted by Gasteiger charge is 2.56. The highest BCUT2D eigenvalue weighted by molar-refractivity contribution is 5.80. The average molecular weight is 533 g/mol. The summed E-state index contributed by atoms with van der Waals surface area (Å²) in [7, 11) is 0. The number of rotatable bonds is 5. The molecule has 1 aliphatic heterocycles. The lowest BCUT2D eigenvalue weighted by atomic mass is 9.63. The van der Waals surface area contributed by atoms with E-state index in [1.165, 1.54) is 12.1 Å². The Labute approximate surface area is 219 Å². The number of hydrogen-bond donors (Lipinski definition) is 1. The van der Waals surface area contributed by atoms with Crippen LogP contribution in [0.25, 0.3) is 0 Å². The number of halogens is 4. The molecule has 1 saturated heterocycles. The predicted molar refractivity (Wildman–Crippen MR) is 132 cm³/mol. The van der Waals surface area contributed by atoms with E-state index in [0.29, 0.717) is 70.4 Å². The van der Waals surface area contributed by atoms with Gasteiger partial charge < -0.3 is 10.0 Å². The van der Waals surface area contributed by atoms with Crippen molar-refractivity contribution in [2.45, 2.75) is 81.6 Å². The van der Waals surface area contributed by atoms with Crippen molar-refractivity contribution < 1.29 is 32.3 Å². The second kappa shape index (κ2) is 9.65. The first-order valence-corrected chi connectivity index (χ1v) is 13.3. The second-order valence-corrected chi connectivity index (χ2v) is 11.3. The smallest absolute Gasteiger partial charge is 0.426 e. The largest absolute Gasteiger partial charge is 0.481 e. The number of aromatic nitrogens is 1. The van der Waals surface area contributed by atoms with E-state index in [-0.39, 0.29) is 17.9 Å². The topological polar surface area (TPSA) is 70.5 Å². The van der Waals surface area contributed by atoms with Crippen molar-refractivity contribution in [1.29, 1.82) is 0 Å². The molecule has 1 amide bonds. The molecule has 2 fully saturated rings. The zero-order valence-corrected chi connectivity index (χ0v) is 21.3. The minimum atomic E-state index is -5.02. The van der Waals surface area contributed by atoms with Crippen molar-refractivity contribution in [2.24, 2.45) is 11.8 Å². The van der Waals surface area contributed by atoms with Gasteiger partial charge in [0.25, 0.3) is 0 Å². The number of likely N-dealkylation sites (tertiary alicyclic amines) is 1. The summed E-state index contributed by atoms with van der Waals surface area (Å²) < 4.78 is 55.2. The average Bonchev–Trinajstić information content (AvgIpc) is 3.27. The van der Waals surface area contributed by atoms with Gasteiger partial charge in [-0.1, -0.05) is 18.2 Å². The van der Waals surface area contributed by atoms with E-state index in [9.17, 15) is 32.3 Å².